The van der Waals surface area contributed by atoms with Gasteiger partial charge in [-0.2, -0.15) is 0 Å². The average molecular weight is 362 g/mol. The predicted octanol–water partition coefficient (Wildman–Crippen LogP) is 7.01. The molecule has 0 aliphatic rings. The number of pyridine rings is 1. The molecule has 0 radical (unpaired) electrons. The number of hydrogen-bond acceptors (Lipinski definition) is 0. The molecule has 0 saturated heterocycles. The summed E-state index contributed by atoms with van der Waals surface area (Å²) in [6.07, 6.45) is 0.552. The van der Waals surface area contributed by atoms with E-state index in [9.17, 15) is 0 Å². The summed E-state index contributed by atoms with van der Waals surface area (Å²) in [7, 11) is 2.02. The molecular formula is C26H34N+. The first-order valence-electron chi connectivity index (χ1n) is 10.7. The summed E-state index contributed by atoms with van der Waals surface area (Å²) >= 11 is 0. The number of hydrogen-bond donors (Lipinski definition) is 0. The van der Waals surface area contributed by atoms with Gasteiger partial charge in [-0.1, -0.05) is 59.7 Å². The van der Waals surface area contributed by atoms with Gasteiger partial charge in [0.25, 0.3) is 0 Å². The summed E-state index contributed by atoms with van der Waals surface area (Å²) in [6.45, 7) is 15.8. The summed E-state index contributed by atoms with van der Waals surface area (Å²) in [5, 5.41) is 2.44. The summed E-state index contributed by atoms with van der Waals surface area (Å²) < 4.78 is 10.7. The highest BCUT2D eigenvalue weighted by molar-refractivity contribution is 5.96. The Balaban J connectivity index is 2.48. The van der Waals surface area contributed by atoms with Gasteiger partial charge in [0, 0.05) is 6.07 Å². The normalized spacial score (nSPS) is 12.5. The maximum Gasteiger partial charge on any atom is 0.220 e. The topological polar surface area (TPSA) is 3.88 Å². The fraction of sp³-hybridized carbons (Fsp3) is 0.423. The maximum atomic E-state index is 8.64. The van der Waals surface area contributed by atoms with E-state index in [-0.39, 0.29) is 0 Å². The van der Waals surface area contributed by atoms with Gasteiger partial charge in [0.1, 0.15) is 8.42 Å². The summed E-state index contributed by atoms with van der Waals surface area (Å²) in [6, 6.07) is 13.3. The van der Waals surface area contributed by atoms with Crippen LogP contribution < -0.4 is 4.57 Å². The highest BCUT2D eigenvalue weighted by Crippen LogP contribution is 2.36. The first kappa shape index (κ1) is 18.2. The molecular weight excluding hydrogens is 326 g/mol. The van der Waals surface area contributed by atoms with Crippen molar-refractivity contribution in [1.29, 1.82) is 0 Å². The van der Waals surface area contributed by atoms with Crippen LogP contribution >= 0.6 is 0 Å². The smallest absolute Gasteiger partial charge is 0.200 e. The van der Waals surface area contributed by atoms with Gasteiger partial charge >= 0.3 is 0 Å². The van der Waals surface area contributed by atoms with Crippen molar-refractivity contribution >= 4 is 10.8 Å². The Kier molecular flexibility index (Phi) is 5.04. The highest BCUT2D eigenvalue weighted by Gasteiger charge is 2.22. The van der Waals surface area contributed by atoms with Gasteiger partial charge in [-0.15, -0.1) is 0 Å². The molecule has 3 rings (SSSR count). The minimum absolute atomic E-state index is 0.429. The SMILES string of the molecule is [2H]c1cc2c(C(C)C)cccc2c(-c2cc(C(C)C)cc(C(C)C)c2C)[n+]1C. The summed E-state index contributed by atoms with van der Waals surface area (Å²) in [5.74, 6) is 1.37. The number of benzene rings is 2. The summed E-state index contributed by atoms with van der Waals surface area (Å²) in [4.78, 5) is 0. The number of fused-ring (bicyclic) bond motifs is 1. The van der Waals surface area contributed by atoms with Crippen molar-refractivity contribution in [3.63, 3.8) is 0 Å². The van der Waals surface area contributed by atoms with Crippen LogP contribution in [-0.2, 0) is 7.05 Å². The minimum atomic E-state index is 0.429. The van der Waals surface area contributed by atoms with E-state index in [0.717, 1.165) is 5.69 Å². The molecule has 0 unspecified atom stereocenters. The van der Waals surface area contributed by atoms with Crippen LogP contribution in [0, 0.1) is 6.92 Å². The number of aromatic nitrogens is 1. The number of rotatable bonds is 4. The van der Waals surface area contributed by atoms with Crippen LogP contribution in [0.5, 0.6) is 0 Å². The molecule has 1 aromatic heterocycles. The van der Waals surface area contributed by atoms with Crippen molar-refractivity contribution in [2.45, 2.75) is 66.2 Å². The van der Waals surface area contributed by atoms with E-state index in [1.54, 1.807) is 0 Å². The van der Waals surface area contributed by atoms with Crippen molar-refractivity contribution in [2.24, 2.45) is 7.05 Å². The lowest BCUT2D eigenvalue weighted by molar-refractivity contribution is -0.659. The Morgan fingerprint density at radius 2 is 1.48 bits per heavy atom. The summed E-state index contributed by atoms with van der Waals surface area (Å²) in [5.41, 5.74) is 7.84. The van der Waals surface area contributed by atoms with Gasteiger partial charge in [0.2, 0.25) is 5.69 Å². The lowest BCUT2D eigenvalue weighted by atomic mass is 9.86. The van der Waals surface area contributed by atoms with E-state index in [2.05, 4.69) is 78.8 Å². The third-order valence-electron chi connectivity index (χ3n) is 5.77. The van der Waals surface area contributed by atoms with Gasteiger partial charge in [-0.25, -0.2) is 4.57 Å². The van der Waals surface area contributed by atoms with E-state index >= 15 is 0 Å². The minimum Gasteiger partial charge on any atom is -0.200 e. The second-order valence-corrected chi connectivity index (χ2v) is 8.74. The van der Waals surface area contributed by atoms with Crippen molar-refractivity contribution in [1.82, 2.24) is 0 Å². The molecule has 0 atom stereocenters. The molecule has 1 nitrogen and oxygen atoms in total. The first-order valence-corrected chi connectivity index (χ1v) is 10.2. The molecule has 27 heavy (non-hydrogen) atoms. The molecule has 0 aliphatic heterocycles. The van der Waals surface area contributed by atoms with Gasteiger partial charge in [0.15, 0.2) is 6.17 Å². The third-order valence-corrected chi connectivity index (χ3v) is 5.77. The van der Waals surface area contributed by atoms with Gasteiger partial charge in [0.05, 0.1) is 10.9 Å². The Hall–Kier alpha value is -2.15. The van der Waals surface area contributed by atoms with Crippen molar-refractivity contribution in [2.75, 3.05) is 0 Å². The fourth-order valence-electron chi connectivity index (χ4n) is 4.13. The van der Waals surface area contributed by atoms with Crippen LogP contribution in [0.15, 0.2) is 42.6 Å². The number of nitrogens with zero attached hydrogens (tertiary/aromatic N) is 1. The van der Waals surface area contributed by atoms with Crippen LogP contribution in [-0.4, -0.2) is 0 Å². The standard InChI is InChI=1S/C26H34N/c1-16(2)20-14-24(18(5)6)19(7)25(15-20)26-23-11-9-10-21(17(3)4)22(23)12-13-27(26)8/h9-18H,1-8H3/q+1/i13D. The van der Waals surface area contributed by atoms with E-state index in [4.69, 9.17) is 1.37 Å². The molecule has 0 fully saturated rings. The molecule has 0 bridgehead atoms. The maximum absolute atomic E-state index is 8.64. The average Bonchev–Trinajstić information content (AvgIpc) is 2.62. The van der Waals surface area contributed by atoms with Crippen LogP contribution in [0.1, 0.15) is 82.9 Å². The molecule has 3 aromatic rings. The van der Waals surface area contributed by atoms with E-state index in [1.165, 1.54) is 38.6 Å². The quantitative estimate of drug-likeness (QED) is 0.440. The molecule has 142 valence electrons. The molecule has 0 amide bonds. The zero-order valence-corrected chi connectivity index (χ0v) is 18.1. The third kappa shape index (κ3) is 3.52. The van der Waals surface area contributed by atoms with E-state index in [0.29, 0.717) is 23.9 Å². The lowest BCUT2D eigenvalue weighted by Crippen LogP contribution is -2.31. The van der Waals surface area contributed by atoms with Crippen LogP contribution in [0.25, 0.3) is 22.0 Å². The van der Waals surface area contributed by atoms with Crippen LogP contribution in [0.3, 0.4) is 0 Å². The molecule has 0 N–H and O–H groups in total. The molecule has 0 aliphatic carbocycles. The lowest BCUT2D eigenvalue weighted by Gasteiger charge is -2.19. The van der Waals surface area contributed by atoms with Crippen molar-refractivity contribution in [3.8, 4) is 11.3 Å². The Morgan fingerprint density at radius 1 is 0.815 bits per heavy atom. The monoisotopic (exact) mass is 361 g/mol. The Bertz CT molecular complexity index is 1030. The zero-order chi connectivity index (χ0) is 20.7. The van der Waals surface area contributed by atoms with Crippen LogP contribution in [0.4, 0.5) is 0 Å². The highest BCUT2D eigenvalue weighted by atomic mass is 14.9. The second-order valence-electron chi connectivity index (χ2n) is 8.74. The van der Waals surface area contributed by atoms with Crippen molar-refractivity contribution in [3.05, 3.63) is 64.8 Å². The van der Waals surface area contributed by atoms with Gasteiger partial charge in [-0.05, 0) is 64.5 Å². The molecule has 1 heteroatoms. The second kappa shape index (κ2) is 7.46. The molecule has 0 spiro atoms. The van der Waals surface area contributed by atoms with E-state index in [1.807, 2.05) is 17.7 Å². The van der Waals surface area contributed by atoms with Crippen molar-refractivity contribution < 1.29 is 5.94 Å². The molecule has 1 heterocycles. The van der Waals surface area contributed by atoms with Crippen LogP contribution in [0.2, 0.25) is 0 Å². The van der Waals surface area contributed by atoms with Gasteiger partial charge in [-0.3, -0.25) is 0 Å². The molecule has 2 aromatic carbocycles. The van der Waals surface area contributed by atoms with Gasteiger partial charge < -0.3 is 0 Å². The fourth-order valence-corrected chi connectivity index (χ4v) is 4.13. The Morgan fingerprint density at radius 3 is 2.07 bits per heavy atom. The Labute approximate surface area is 166 Å². The zero-order valence-electron chi connectivity index (χ0n) is 19.1. The van der Waals surface area contributed by atoms with E-state index < -0.39 is 0 Å². The first-order chi connectivity index (χ1) is 13.1. The molecule has 0 saturated carbocycles. The largest absolute Gasteiger partial charge is 0.220 e. The predicted molar refractivity (Wildman–Crippen MR) is 118 cm³/mol.